The lowest BCUT2D eigenvalue weighted by Crippen LogP contribution is -2.29. The number of hydrogen-bond donors (Lipinski definition) is 2. The Morgan fingerprint density at radius 3 is 2.58 bits per heavy atom. The van der Waals surface area contributed by atoms with Crippen LogP contribution in [-0.4, -0.2) is 26.7 Å². The van der Waals surface area contributed by atoms with Crippen molar-refractivity contribution in [2.75, 3.05) is 0 Å². The topological polar surface area (TPSA) is 95.8 Å². The summed E-state index contributed by atoms with van der Waals surface area (Å²) < 4.78 is 11.5. The third-order valence-corrected chi connectivity index (χ3v) is 6.71. The maximum atomic E-state index is 13.4. The molecule has 0 radical (unpaired) electrons. The van der Waals surface area contributed by atoms with Gasteiger partial charge in [-0.3, -0.25) is 9.59 Å². The molecule has 0 spiro atoms. The normalized spacial score (nSPS) is 16.8. The van der Waals surface area contributed by atoms with Gasteiger partial charge < -0.3 is 24.1 Å². The molecule has 7 nitrogen and oxygen atoms in total. The molecular formula is C31H24N2O5. The first-order chi connectivity index (χ1) is 18.6. The summed E-state index contributed by atoms with van der Waals surface area (Å²) >= 11 is 0. The van der Waals surface area contributed by atoms with E-state index in [0.717, 1.165) is 16.5 Å². The van der Waals surface area contributed by atoms with E-state index in [9.17, 15) is 14.7 Å². The predicted molar refractivity (Wildman–Crippen MR) is 142 cm³/mol. The van der Waals surface area contributed by atoms with Crippen LogP contribution in [0.2, 0.25) is 0 Å². The molecule has 1 amide bonds. The molecule has 0 bridgehead atoms. The number of furan rings is 1. The molecule has 1 fully saturated rings. The molecule has 1 unspecified atom stereocenters. The quantitative estimate of drug-likeness (QED) is 0.162. The second-order valence-electron chi connectivity index (χ2n) is 9.10. The van der Waals surface area contributed by atoms with Crippen LogP contribution >= 0.6 is 0 Å². The van der Waals surface area contributed by atoms with Crippen molar-refractivity contribution in [3.05, 3.63) is 131 Å². The van der Waals surface area contributed by atoms with Crippen LogP contribution in [0, 0.1) is 0 Å². The Kier molecular flexibility index (Phi) is 6.01. The number of fused-ring (bicyclic) bond motifs is 1. The lowest BCUT2D eigenvalue weighted by molar-refractivity contribution is -0.140. The van der Waals surface area contributed by atoms with Crippen LogP contribution in [0.15, 0.2) is 113 Å². The Bertz CT molecular complexity index is 1650. The van der Waals surface area contributed by atoms with Crippen molar-refractivity contribution in [1.29, 1.82) is 0 Å². The van der Waals surface area contributed by atoms with E-state index in [1.165, 1.54) is 11.2 Å². The molecule has 0 saturated carbocycles. The van der Waals surface area contributed by atoms with Gasteiger partial charge in [0.15, 0.2) is 0 Å². The molecule has 1 aliphatic heterocycles. The molecule has 38 heavy (non-hydrogen) atoms. The number of benzene rings is 3. The van der Waals surface area contributed by atoms with Crippen molar-refractivity contribution in [2.24, 2.45) is 0 Å². The third-order valence-electron chi connectivity index (χ3n) is 6.71. The summed E-state index contributed by atoms with van der Waals surface area (Å²) in [5.41, 5.74) is 2.94. The number of para-hydroxylation sites is 1. The molecule has 0 aliphatic carbocycles. The molecule has 3 aromatic carbocycles. The molecule has 6 rings (SSSR count). The maximum absolute atomic E-state index is 13.4. The molecule has 3 heterocycles. The first-order valence-corrected chi connectivity index (χ1v) is 12.2. The smallest absolute Gasteiger partial charge is 0.296 e. The van der Waals surface area contributed by atoms with Gasteiger partial charge in [-0.25, -0.2) is 0 Å². The lowest BCUT2D eigenvalue weighted by Gasteiger charge is -2.25. The Morgan fingerprint density at radius 1 is 0.947 bits per heavy atom. The fourth-order valence-electron chi connectivity index (χ4n) is 4.89. The molecule has 7 heteroatoms. The average molecular weight is 505 g/mol. The SMILES string of the molecule is O=C1C(=O)N(Cc2ccco2)C(c2cccc(OCc3ccccc3)c2)/C1=C(/O)c1c[nH]c2ccccc12. The van der Waals surface area contributed by atoms with Gasteiger partial charge in [0, 0.05) is 22.7 Å². The summed E-state index contributed by atoms with van der Waals surface area (Å²) in [5, 5.41) is 12.2. The predicted octanol–water partition coefficient (Wildman–Crippen LogP) is 5.96. The average Bonchev–Trinajstić information content (AvgIpc) is 3.68. The van der Waals surface area contributed by atoms with E-state index in [4.69, 9.17) is 9.15 Å². The maximum Gasteiger partial charge on any atom is 0.296 e. The molecule has 5 aromatic rings. The van der Waals surface area contributed by atoms with E-state index in [-0.39, 0.29) is 17.9 Å². The van der Waals surface area contributed by atoms with Gasteiger partial charge in [0.25, 0.3) is 11.7 Å². The lowest BCUT2D eigenvalue weighted by atomic mass is 9.95. The molecule has 2 N–H and O–H groups in total. The number of rotatable bonds is 7. The van der Waals surface area contributed by atoms with Crippen molar-refractivity contribution in [2.45, 2.75) is 19.2 Å². The Hall–Kier alpha value is -5.04. The number of Topliss-reactive ketones (excluding diaryl/α,β-unsaturated/α-hetero) is 1. The van der Waals surface area contributed by atoms with Gasteiger partial charge in [-0.2, -0.15) is 0 Å². The van der Waals surface area contributed by atoms with E-state index in [2.05, 4.69) is 4.98 Å². The summed E-state index contributed by atoms with van der Waals surface area (Å²) in [6, 6.07) is 27.2. The summed E-state index contributed by atoms with van der Waals surface area (Å²) in [6.45, 7) is 0.439. The van der Waals surface area contributed by atoms with Crippen LogP contribution in [0.25, 0.3) is 16.7 Å². The minimum atomic E-state index is -0.839. The zero-order valence-electron chi connectivity index (χ0n) is 20.3. The van der Waals surface area contributed by atoms with Crippen molar-refractivity contribution >= 4 is 28.4 Å². The monoisotopic (exact) mass is 504 g/mol. The number of aromatic amines is 1. The van der Waals surface area contributed by atoms with Crippen molar-refractivity contribution in [3.63, 3.8) is 0 Å². The summed E-state index contributed by atoms with van der Waals surface area (Å²) in [5.74, 6) is -0.575. The van der Waals surface area contributed by atoms with Gasteiger partial charge in [0.2, 0.25) is 0 Å². The summed E-state index contributed by atoms with van der Waals surface area (Å²) in [7, 11) is 0. The number of nitrogens with one attached hydrogen (secondary N) is 1. The van der Waals surface area contributed by atoms with Crippen molar-refractivity contribution in [3.8, 4) is 5.75 Å². The number of ether oxygens (including phenoxy) is 1. The number of amides is 1. The Labute approximate surface area is 218 Å². The third kappa shape index (κ3) is 4.24. The van der Waals surface area contributed by atoms with Crippen LogP contribution in [0.4, 0.5) is 0 Å². The van der Waals surface area contributed by atoms with Crippen LogP contribution in [0.3, 0.4) is 0 Å². The van der Waals surface area contributed by atoms with Crippen LogP contribution in [-0.2, 0) is 22.7 Å². The van der Waals surface area contributed by atoms with Crippen molar-refractivity contribution < 1.29 is 23.8 Å². The first kappa shape index (κ1) is 23.4. The largest absolute Gasteiger partial charge is 0.507 e. The number of aliphatic hydroxyl groups is 1. The fourth-order valence-corrected chi connectivity index (χ4v) is 4.89. The number of hydrogen-bond acceptors (Lipinski definition) is 5. The summed E-state index contributed by atoms with van der Waals surface area (Å²) in [4.78, 5) is 31.3. The number of carbonyl (C=O) groups excluding carboxylic acids is 2. The zero-order chi connectivity index (χ0) is 26.1. The summed E-state index contributed by atoms with van der Waals surface area (Å²) in [6.07, 6.45) is 3.17. The molecular weight excluding hydrogens is 480 g/mol. The second-order valence-corrected chi connectivity index (χ2v) is 9.10. The number of nitrogens with zero attached hydrogens (tertiary/aromatic N) is 1. The Morgan fingerprint density at radius 2 is 1.76 bits per heavy atom. The fraction of sp³-hybridized carbons (Fsp3) is 0.0968. The number of ketones is 1. The highest BCUT2D eigenvalue weighted by Crippen LogP contribution is 2.42. The standard InChI is InChI=1S/C31H24N2O5/c34-29(25-17-32-26-14-5-4-13-24(25)26)27-28(33(31(36)30(27)35)18-23-12-7-15-37-23)21-10-6-11-22(16-21)38-19-20-8-2-1-3-9-20/h1-17,28,32,34H,18-19H2/b29-27-. The van der Waals surface area contributed by atoms with Gasteiger partial charge >= 0.3 is 0 Å². The highest BCUT2D eigenvalue weighted by molar-refractivity contribution is 6.46. The van der Waals surface area contributed by atoms with Crippen molar-refractivity contribution in [1.82, 2.24) is 9.88 Å². The molecule has 2 aromatic heterocycles. The van der Waals surface area contributed by atoms with Gasteiger partial charge in [0.05, 0.1) is 24.4 Å². The van der Waals surface area contributed by atoms with Gasteiger partial charge in [-0.05, 0) is 41.5 Å². The zero-order valence-corrected chi connectivity index (χ0v) is 20.3. The Balaban J connectivity index is 1.44. The highest BCUT2D eigenvalue weighted by atomic mass is 16.5. The molecule has 1 atom stereocenters. The van der Waals surface area contributed by atoms with Gasteiger partial charge in [-0.15, -0.1) is 0 Å². The molecule has 1 saturated heterocycles. The minimum absolute atomic E-state index is 0.0199. The molecule has 1 aliphatic rings. The van der Waals surface area contributed by atoms with E-state index >= 15 is 0 Å². The number of aromatic nitrogens is 1. The first-order valence-electron chi connectivity index (χ1n) is 12.2. The highest BCUT2D eigenvalue weighted by Gasteiger charge is 2.46. The van der Waals surface area contributed by atoms with Crippen LogP contribution < -0.4 is 4.74 Å². The van der Waals surface area contributed by atoms with E-state index < -0.39 is 17.7 Å². The van der Waals surface area contributed by atoms with Crippen LogP contribution in [0.5, 0.6) is 5.75 Å². The number of likely N-dealkylation sites (tertiary alicyclic amines) is 1. The number of carbonyl (C=O) groups is 2. The molecule has 188 valence electrons. The van der Waals surface area contributed by atoms with Gasteiger partial charge in [-0.1, -0.05) is 60.7 Å². The minimum Gasteiger partial charge on any atom is -0.507 e. The van der Waals surface area contributed by atoms with Crippen LogP contribution in [0.1, 0.15) is 28.5 Å². The van der Waals surface area contributed by atoms with E-state index in [0.29, 0.717) is 29.2 Å². The van der Waals surface area contributed by atoms with E-state index in [1.54, 1.807) is 24.4 Å². The second kappa shape index (κ2) is 9.78. The number of H-pyrrole nitrogens is 1. The van der Waals surface area contributed by atoms with E-state index in [1.807, 2.05) is 72.8 Å². The number of aliphatic hydroxyl groups excluding tert-OH is 1. The van der Waals surface area contributed by atoms with Gasteiger partial charge in [0.1, 0.15) is 23.9 Å².